The Hall–Kier alpha value is -3.67. The van der Waals surface area contributed by atoms with Gasteiger partial charge in [-0.25, -0.2) is 4.79 Å². The van der Waals surface area contributed by atoms with E-state index in [9.17, 15) is 4.79 Å². The molecule has 0 spiro atoms. The monoisotopic (exact) mass is 374 g/mol. The SMILES string of the molecule is O=C(NCc1ccc2c(c1)OCO2)NC1c2ccccc2Oc2ccccc21. The van der Waals surface area contributed by atoms with Gasteiger partial charge in [0.25, 0.3) is 0 Å². The highest BCUT2D eigenvalue weighted by molar-refractivity contribution is 5.76. The maximum absolute atomic E-state index is 12.6. The van der Waals surface area contributed by atoms with Gasteiger partial charge in [0.15, 0.2) is 11.5 Å². The largest absolute Gasteiger partial charge is 0.457 e. The van der Waals surface area contributed by atoms with E-state index in [1.54, 1.807) is 0 Å². The van der Waals surface area contributed by atoms with E-state index in [4.69, 9.17) is 14.2 Å². The Morgan fingerprint density at radius 3 is 2.29 bits per heavy atom. The fraction of sp³-hybridized carbons (Fsp3) is 0.136. The summed E-state index contributed by atoms with van der Waals surface area (Å²) in [5.41, 5.74) is 2.80. The van der Waals surface area contributed by atoms with E-state index in [0.29, 0.717) is 12.3 Å². The molecular formula is C22H18N2O4. The van der Waals surface area contributed by atoms with Crippen molar-refractivity contribution in [3.05, 3.63) is 83.4 Å². The molecule has 2 aliphatic rings. The summed E-state index contributed by atoms with van der Waals surface area (Å²) in [7, 11) is 0. The molecule has 3 aromatic carbocycles. The molecule has 0 saturated carbocycles. The molecule has 0 bridgehead atoms. The first kappa shape index (κ1) is 16.5. The Kier molecular flexibility index (Phi) is 4.01. The number of rotatable bonds is 3. The standard InChI is InChI=1S/C22H18N2O4/c25-22(23-12-14-9-10-19-20(11-14)27-13-26-19)24-21-15-5-1-3-7-17(15)28-18-8-4-2-6-16(18)21/h1-11,21H,12-13H2,(H2,23,24,25). The second-order valence-corrected chi connectivity index (χ2v) is 6.63. The van der Waals surface area contributed by atoms with Gasteiger partial charge in [-0.15, -0.1) is 0 Å². The highest BCUT2D eigenvalue weighted by atomic mass is 16.7. The topological polar surface area (TPSA) is 68.8 Å². The van der Waals surface area contributed by atoms with Gasteiger partial charge in [-0.3, -0.25) is 0 Å². The number of urea groups is 1. The van der Waals surface area contributed by atoms with Gasteiger partial charge in [0.05, 0.1) is 6.04 Å². The van der Waals surface area contributed by atoms with Crippen molar-refractivity contribution in [1.29, 1.82) is 0 Å². The number of hydrogen-bond acceptors (Lipinski definition) is 4. The van der Waals surface area contributed by atoms with Crippen LogP contribution in [0.5, 0.6) is 23.0 Å². The maximum Gasteiger partial charge on any atom is 0.315 e. The Bertz CT molecular complexity index is 1000. The number of para-hydroxylation sites is 2. The molecule has 2 amide bonds. The summed E-state index contributed by atoms with van der Waals surface area (Å²) in [6.07, 6.45) is 0. The summed E-state index contributed by atoms with van der Waals surface area (Å²) in [6.45, 7) is 0.615. The highest BCUT2D eigenvalue weighted by Gasteiger charge is 2.28. The lowest BCUT2D eigenvalue weighted by Gasteiger charge is -2.28. The molecule has 0 aliphatic carbocycles. The minimum atomic E-state index is -0.280. The van der Waals surface area contributed by atoms with Gasteiger partial charge in [-0.05, 0) is 29.8 Å². The molecule has 140 valence electrons. The molecule has 6 nitrogen and oxygen atoms in total. The number of carbonyl (C=O) groups excluding carboxylic acids is 1. The molecule has 0 atom stereocenters. The normalized spacial score (nSPS) is 13.9. The summed E-state index contributed by atoms with van der Waals surface area (Å²) < 4.78 is 16.7. The summed E-state index contributed by atoms with van der Waals surface area (Å²) in [5.74, 6) is 2.93. The molecule has 5 rings (SSSR count). The maximum atomic E-state index is 12.6. The molecule has 0 unspecified atom stereocenters. The smallest absolute Gasteiger partial charge is 0.315 e. The van der Waals surface area contributed by atoms with Crippen LogP contribution in [0.15, 0.2) is 66.7 Å². The minimum Gasteiger partial charge on any atom is -0.457 e. The van der Waals surface area contributed by atoms with Crippen LogP contribution in [0.3, 0.4) is 0 Å². The van der Waals surface area contributed by atoms with E-state index in [0.717, 1.165) is 33.9 Å². The predicted octanol–water partition coefficient (Wildman–Crippen LogP) is 4.11. The van der Waals surface area contributed by atoms with Crippen LogP contribution in [0.4, 0.5) is 4.79 Å². The molecule has 28 heavy (non-hydrogen) atoms. The van der Waals surface area contributed by atoms with Gasteiger partial charge in [-0.2, -0.15) is 0 Å². The summed E-state index contributed by atoms with van der Waals surface area (Å²) in [4.78, 5) is 12.6. The summed E-state index contributed by atoms with van der Waals surface area (Å²) in [6, 6.07) is 20.6. The van der Waals surface area contributed by atoms with Gasteiger partial charge < -0.3 is 24.8 Å². The fourth-order valence-corrected chi connectivity index (χ4v) is 3.48. The lowest BCUT2D eigenvalue weighted by atomic mass is 9.95. The lowest BCUT2D eigenvalue weighted by Crippen LogP contribution is -2.38. The van der Waals surface area contributed by atoms with Crippen molar-refractivity contribution in [1.82, 2.24) is 10.6 Å². The van der Waals surface area contributed by atoms with Crippen molar-refractivity contribution in [2.45, 2.75) is 12.6 Å². The zero-order valence-corrected chi connectivity index (χ0v) is 15.0. The Morgan fingerprint density at radius 2 is 1.54 bits per heavy atom. The minimum absolute atomic E-state index is 0.231. The predicted molar refractivity (Wildman–Crippen MR) is 103 cm³/mol. The van der Waals surface area contributed by atoms with Crippen molar-refractivity contribution in [2.24, 2.45) is 0 Å². The summed E-state index contributed by atoms with van der Waals surface area (Å²) in [5, 5.41) is 5.98. The first-order chi connectivity index (χ1) is 13.8. The average Bonchev–Trinajstić information content (AvgIpc) is 3.20. The van der Waals surface area contributed by atoms with Gasteiger partial charge in [0, 0.05) is 17.7 Å². The number of ether oxygens (including phenoxy) is 3. The number of hydrogen-bond donors (Lipinski definition) is 2. The van der Waals surface area contributed by atoms with Gasteiger partial charge in [0.1, 0.15) is 11.5 Å². The van der Waals surface area contributed by atoms with E-state index < -0.39 is 0 Å². The third kappa shape index (κ3) is 2.99. The molecule has 0 radical (unpaired) electrons. The molecule has 6 heteroatoms. The molecule has 2 heterocycles. The number of benzene rings is 3. The molecule has 2 aliphatic heterocycles. The van der Waals surface area contributed by atoms with Crippen molar-refractivity contribution in [3.8, 4) is 23.0 Å². The molecule has 0 aromatic heterocycles. The molecule has 3 aromatic rings. The number of carbonyl (C=O) groups is 1. The van der Waals surface area contributed by atoms with Crippen LogP contribution in [-0.4, -0.2) is 12.8 Å². The zero-order valence-electron chi connectivity index (χ0n) is 15.0. The first-order valence-corrected chi connectivity index (χ1v) is 9.06. The van der Waals surface area contributed by atoms with Crippen LogP contribution in [-0.2, 0) is 6.54 Å². The second-order valence-electron chi connectivity index (χ2n) is 6.63. The van der Waals surface area contributed by atoms with Crippen molar-refractivity contribution in [3.63, 3.8) is 0 Å². The number of nitrogens with one attached hydrogen (secondary N) is 2. The quantitative estimate of drug-likeness (QED) is 0.724. The van der Waals surface area contributed by atoms with E-state index in [-0.39, 0.29) is 18.9 Å². The third-order valence-electron chi connectivity index (χ3n) is 4.85. The van der Waals surface area contributed by atoms with Crippen LogP contribution in [0.1, 0.15) is 22.7 Å². The molecule has 0 fully saturated rings. The fourth-order valence-electron chi connectivity index (χ4n) is 3.48. The highest BCUT2D eigenvalue weighted by Crippen LogP contribution is 2.42. The second kappa shape index (κ2) is 6.81. The number of amides is 2. The van der Waals surface area contributed by atoms with Crippen molar-refractivity contribution >= 4 is 6.03 Å². The number of fused-ring (bicyclic) bond motifs is 3. The Balaban J connectivity index is 1.32. The Morgan fingerprint density at radius 1 is 0.857 bits per heavy atom. The van der Waals surface area contributed by atoms with Crippen LogP contribution in [0.2, 0.25) is 0 Å². The average molecular weight is 374 g/mol. The van der Waals surface area contributed by atoms with Gasteiger partial charge in [-0.1, -0.05) is 42.5 Å². The van der Waals surface area contributed by atoms with E-state index in [1.807, 2.05) is 66.7 Å². The van der Waals surface area contributed by atoms with Crippen molar-refractivity contribution in [2.75, 3.05) is 6.79 Å². The summed E-state index contributed by atoms with van der Waals surface area (Å²) >= 11 is 0. The van der Waals surface area contributed by atoms with Gasteiger partial charge >= 0.3 is 6.03 Å². The molecule has 0 saturated heterocycles. The Labute approximate surface area is 162 Å². The molecule has 2 N–H and O–H groups in total. The van der Waals surface area contributed by atoms with Crippen molar-refractivity contribution < 1.29 is 19.0 Å². The first-order valence-electron chi connectivity index (χ1n) is 9.06. The van der Waals surface area contributed by atoms with E-state index in [2.05, 4.69) is 10.6 Å². The van der Waals surface area contributed by atoms with Crippen LogP contribution < -0.4 is 24.8 Å². The lowest BCUT2D eigenvalue weighted by molar-refractivity contribution is 0.174. The van der Waals surface area contributed by atoms with Crippen LogP contribution in [0.25, 0.3) is 0 Å². The van der Waals surface area contributed by atoms with E-state index >= 15 is 0 Å². The van der Waals surface area contributed by atoms with E-state index in [1.165, 1.54) is 0 Å². The van der Waals surface area contributed by atoms with Crippen LogP contribution >= 0.6 is 0 Å². The molecular weight excluding hydrogens is 356 g/mol. The third-order valence-corrected chi connectivity index (χ3v) is 4.85. The van der Waals surface area contributed by atoms with Gasteiger partial charge in [0.2, 0.25) is 6.79 Å². The van der Waals surface area contributed by atoms with Crippen LogP contribution in [0, 0.1) is 0 Å². The zero-order chi connectivity index (χ0) is 18.9.